The van der Waals surface area contributed by atoms with Crippen molar-refractivity contribution < 1.29 is 23.1 Å². The van der Waals surface area contributed by atoms with Crippen LogP contribution in [0.15, 0.2) is 503 Å². The molecule has 0 spiro atoms. The third-order valence-corrected chi connectivity index (χ3v) is 21.2. The minimum absolute atomic E-state index is 0.0938. The molecule has 2 aliphatic rings. The highest BCUT2D eigenvalue weighted by molar-refractivity contribution is 5.95. The van der Waals surface area contributed by atoms with Crippen LogP contribution in [0.4, 0.5) is 11.4 Å². The lowest BCUT2D eigenvalue weighted by Crippen LogP contribution is -2.25. The van der Waals surface area contributed by atoms with Gasteiger partial charge in [0.25, 0.3) is 5.91 Å². The second-order valence-electron chi connectivity index (χ2n) is 31.2. The van der Waals surface area contributed by atoms with E-state index in [0.717, 1.165) is 147 Å². The van der Waals surface area contributed by atoms with Crippen molar-refractivity contribution in [1.82, 2.24) is 148 Å². The number of rotatable bonds is 0. The number of nitrogens with one attached hydrogen (secondary N) is 8. The Labute approximate surface area is 852 Å². The van der Waals surface area contributed by atoms with Crippen molar-refractivity contribution in [2.24, 2.45) is 0 Å². The number of hydrogen-bond donors (Lipinski definition) is 8. The number of anilines is 2. The molecule has 0 bridgehead atoms. The number of carbonyl (C=O) groups is 1. The number of aromatic amines is 6. The molecule has 22 heterocycles. The van der Waals surface area contributed by atoms with Gasteiger partial charge in [0, 0.05) is 121 Å². The summed E-state index contributed by atoms with van der Waals surface area (Å²) in [7, 11) is 0. The van der Waals surface area contributed by atoms with E-state index >= 15 is 0 Å². The summed E-state index contributed by atoms with van der Waals surface area (Å²) >= 11 is 0. The average molecular weight is 1980 g/mol. The van der Waals surface area contributed by atoms with Crippen molar-refractivity contribution in [3.8, 4) is 11.5 Å². The number of furan rings is 1. The summed E-state index contributed by atoms with van der Waals surface area (Å²) in [6.07, 6.45) is 42.0. The fourth-order valence-corrected chi connectivity index (χ4v) is 14.0. The normalized spacial score (nSPS) is 10.8. The van der Waals surface area contributed by atoms with Gasteiger partial charge in [0.1, 0.15) is 64.9 Å². The molecule has 1 amide bonds. The first-order valence-electron chi connectivity index (χ1n) is 46.6. The van der Waals surface area contributed by atoms with Gasteiger partial charge in [-0.05, 0) is 175 Å². The molecule has 0 saturated heterocycles. The molecule has 150 heavy (non-hydrogen) atoms. The number of benzene rings is 10. The van der Waals surface area contributed by atoms with E-state index in [9.17, 15) is 9.59 Å². The highest BCUT2D eigenvalue weighted by Crippen LogP contribution is 2.27. The SMILES string of the molecule is O=C1COc2ccccc2N1.O=c1[nH]nc2ccccn12.c1ccc2[nH]ccc2c1.c1ccc2[nH]cnc2c1.c1ccc2[nH]ncc2c1.c1ccc2c(c1)NCCO2.c1ccc2n[nH]nc2c1.c1ccc2nccnc2c1.c1ccc2ncncc2c1.c1ccc2occc2c1.c1ccc2ocnc2c1.c1ccn2ccnc2c1.c1ccn2cnnc2c1.c1ccn2ncnc2c1.c1cn2ccnc2cn1.c1cnc2nc[nH]c2c1. The largest absolute Gasteiger partial charge is 0.490 e. The van der Waals surface area contributed by atoms with Gasteiger partial charge in [-0.25, -0.2) is 59.3 Å². The summed E-state index contributed by atoms with van der Waals surface area (Å²) < 4.78 is 29.5. The first kappa shape index (κ1) is 99.8. The van der Waals surface area contributed by atoms with E-state index < -0.39 is 0 Å². The maximum Gasteiger partial charge on any atom is 0.347 e. The number of imidazole rings is 4. The summed E-state index contributed by atoms with van der Waals surface area (Å²) in [6.45, 7) is 1.81. The zero-order valence-electron chi connectivity index (χ0n) is 80.0. The molecule has 38 nitrogen and oxygen atoms in total. The first-order valence-corrected chi connectivity index (χ1v) is 46.6. The number of oxazole rings is 1. The highest BCUT2D eigenvalue weighted by Gasteiger charge is 2.14. The van der Waals surface area contributed by atoms with Crippen LogP contribution in [0, 0.1) is 0 Å². The van der Waals surface area contributed by atoms with Crippen LogP contribution in [-0.4, -0.2) is 174 Å². The number of nitrogens with zero attached hydrogens (tertiary/aromatic N) is 24. The number of pyridine rings is 5. The van der Waals surface area contributed by atoms with E-state index in [1.165, 1.54) is 28.0 Å². The van der Waals surface area contributed by atoms with Gasteiger partial charge >= 0.3 is 5.69 Å². The average Bonchev–Trinajstić information content (AvgIpc) is 1.58. The van der Waals surface area contributed by atoms with E-state index in [1.807, 2.05) is 378 Å². The maximum atomic E-state index is 10.8. The molecule has 0 aliphatic carbocycles. The lowest BCUT2D eigenvalue weighted by atomic mass is 10.2. The zero-order valence-corrected chi connectivity index (χ0v) is 80.0. The highest BCUT2D eigenvalue weighted by atomic mass is 16.5. The Morgan fingerprint density at radius 1 is 0.333 bits per heavy atom. The van der Waals surface area contributed by atoms with Crippen LogP contribution in [-0.2, 0) is 4.79 Å². The topological polar surface area (TPSA) is 465 Å². The van der Waals surface area contributed by atoms with Gasteiger partial charge in [-0.1, -0.05) is 170 Å². The third-order valence-electron chi connectivity index (χ3n) is 21.2. The van der Waals surface area contributed by atoms with Crippen LogP contribution in [0.3, 0.4) is 0 Å². The lowest BCUT2D eigenvalue weighted by molar-refractivity contribution is -0.118. The number of hydrogen-bond acceptors (Lipinski definition) is 26. The van der Waals surface area contributed by atoms with Crippen LogP contribution in [0.5, 0.6) is 11.5 Å². The van der Waals surface area contributed by atoms with Gasteiger partial charge in [-0.15, -0.1) is 10.2 Å². The fourth-order valence-electron chi connectivity index (χ4n) is 14.0. The van der Waals surface area contributed by atoms with E-state index in [-0.39, 0.29) is 18.2 Å². The van der Waals surface area contributed by atoms with E-state index in [1.54, 1.807) is 97.8 Å². The molecule has 30 aromatic rings. The number of amides is 1. The lowest BCUT2D eigenvalue weighted by Gasteiger charge is -2.17. The predicted molar refractivity (Wildman–Crippen MR) is 579 cm³/mol. The van der Waals surface area contributed by atoms with Crippen molar-refractivity contribution in [2.75, 3.05) is 30.4 Å². The quantitative estimate of drug-likeness (QED) is 0.0699. The monoisotopic (exact) mass is 1980 g/mol. The molecule has 738 valence electrons. The first-order chi connectivity index (χ1) is 74.3. The van der Waals surface area contributed by atoms with Gasteiger partial charge < -0.3 is 52.7 Å². The number of para-hydroxylation sites is 16. The number of aromatic nitrogens is 30. The Bertz CT molecular complexity index is 7490. The Morgan fingerprint density at radius 2 is 0.933 bits per heavy atom. The van der Waals surface area contributed by atoms with Gasteiger partial charge in [0.2, 0.25) is 0 Å². The Kier molecular flexibility index (Phi) is 35.7. The molecule has 0 fully saturated rings. The van der Waals surface area contributed by atoms with E-state index in [4.69, 9.17) is 18.3 Å². The van der Waals surface area contributed by atoms with Crippen LogP contribution < -0.4 is 25.8 Å². The molecule has 10 aromatic carbocycles. The molecule has 2 aliphatic heterocycles. The van der Waals surface area contributed by atoms with E-state index in [2.05, 4.69) is 155 Å². The number of carbonyl (C=O) groups excluding carboxylic acids is 1. The summed E-state index contributed by atoms with van der Waals surface area (Å²) in [5, 5.41) is 45.2. The summed E-state index contributed by atoms with van der Waals surface area (Å²) in [6, 6.07) is 109. The molecule has 38 heteroatoms. The minimum Gasteiger partial charge on any atom is -0.490 e. The molecule has 8 N–H and O–H groups in total. The minimum atomic E-state index is -0.199. The number of fused-ring (bicyclic) bond motifs is 16. The Morgan fingerprint density at radius 3 is 1.65 bits per heavy atom. The second-order valence-corrected chi connectivity index (χ2v) is 31.2. The van der Waals surface area contributed by atoms with Crippen molar-refractivity contribution in [3.63, 3.8) is 0 Å². The Balaban J connectivity index is 0.000000109. The maximum absolute atomic E-state index is 10.8. The van der Waals surface area contributed by atoms with Crippen LogP contribution in [0.2, 0.25) is 0 Å². The van der Waals surface area contributed by atoms with Gasteiger partial charge in [-0.3, -0.25) is 33.6 Å². The molecule has 0 atom stereocenters. The van der Waals surface area contributed by atoms with Crippen LogP contribution in [0.1, 0.15) is 0 Å². The molecular weight excluding hydrogens is 1890 g/mol. The van der Waals surface area contributed by atoms with Crippen molar-refractivity contribution >= 4 is 145 Å². The molecule has 20 aromatic heterocycles. The summed E-state index contributed by atoms with van der Waals surface area (Å²) in [5.74, 6) is 1.62. The molecule has 0 unspecified atom stereocenters. The zero-order chi connectivity index (χ0) is 102. The van der Waals surface area contributed by atoms with Crippen molar-refractivity contribution in [3.05, 3.63) is 500 Å². The number of H-pyrrole nitrogens is 6. The second kappa shape index (κ2) is 53.7. The molecule has 0 radical (unpaired) electrons. The third kappa shape index (κ3) is 29.5. The number of ether oxygens (including phenoxy) is 2. The van der Waals surface area contributed by atoms with Crippen LogP contribution >= 0.6 is 0 Å². The van der Waals surface area contributed by atoms with Gasteiger partial charge in [0.05, 0.1) is 81.3 Å². The fraction of sp³-hybridized carbons (Fsp3) is 0.0268. The standard InChI is InChI=1S/2C8H6N2.C8H7NO2.C8H9NO.C8H7N.C8H6O.3C7H6N2.C7H5NO.C6H5N3O.5C6H5N3/c1-2-4-8-7(3-1)5-9-6-10-8;1-2-4-8-7(3-1)9-5-6-10-8;10-8-5-11-7-4-2-1-3-6(7)9-8;1-2-4-8-7(3-1)9-5-6-10-8;2*1-2-4-8-7(3-1)5-6-9-8;1-2-5-9-6-4-8-7(9)3-1;1-2-4-7-6(3-1)8-5-9-7;1-2-4-7-6(3-1)5-8-9-7;1-2-4-7-6(3-1)8-5-9-7;10-6-8-7-5-3-1-2-4-9(5)6;1-3-9-4-2-8-6(9)5-7-1;1-2-5-6(7-3-1)9-4-8-5;1-2-4-9-5-7-8-6(9)3-1;1-2-4-9-6(3-1)7-5-8-9;1-2-4-6-5(3-1)7-9-8-6/h2*1-6H;1-4H,5H2,(H,9,10);1-4,9H,5-6H2;1-6,9H;2*1-6H;2*1-5H,(H,8,9);1-5H;1-4H,(H,8,10);1-5H;1-4H,(H,7,8,9);2*1-5H;1-4H,(H,7,8,9). The summed E-state index contributed by atoms with van der Waals surface area (Å²) in [5.41, 5.74) is 19.6. The molecule has 32 rings (SSSR count). The predicted octanol–water partition coefficient (Wildman–Crippen LogP) is 20.8. The van der Waals surface area contributed by atoms with Gasteiger partial charge in [-0.2, -0.15) is 30.7 Å². The van der Waals surface area contributed by atoms with Crippen LogP contribution in [0.25, 0.3) is 127 Å². The van der Waals surface area contributed by atoms with Crippen molar-refractivity contribution in [1.29, 1.82) is 0 Å². The molecule has 0 saturated carbocycles. The summed E-state index contributed by atoms with van der Waals surface area (Å²) in [4.78, 5) is 78.8. The van der Waals surface area contributed by atoms with E-state index in [0.29, 0.717) is 5.65 Å². The Hall–Kier alpha value is -21.8. The van der Waals surface area contributed by atoms with Gasteiger partial charge in [0.15, 0.2) is 46.8 Å². The molecular formula is C112H94N32O6. The van der Waals surface area contributed by atoms with Crippen molar-refractivity contribution in [2.45, 2.75) is 0 Å². The smallest absolute Gasteiger partial charge is 0.347 e.